The van der Waals surface area contributed by atoms with Gasteiger partial charge in [-0.2, -0.15) is 0 Å². The smallest absolute Gasteiger partial charge is 0.341 e. The summed E-state index contributed by atoms with van der Waals surface area (Å²) in [6.45, 7) is 3.06. The highest BCUT2D eigenvalue weighted by molar-refractivity contribution is 5.95. The van der Waals surface area contributed by atoms with Crippen molar-refractivity contribution in [3.05, 3.63) is 70.8 Å². The third-order valence-electron chi connectivity index (χ3n) is 7.04. The molecule has 2 N–H and O–H groups in total. The van der Waals surface area contributed by atoms with Gasteiger partial charge < -0.3 is 29.2 Å². The second-order valence-corrected chi connectivity index (χ2v) is 10.2. The summed E-state index contributed by atoms with van der Waals surface area (Å²) in [5.41, 5.74) is 1.35. The molecule has 0 saturated heterocycles. The number of esters is 2. The highest BCUT2D eigenvalue weighted by atomic mass is 19.1. The highest BCUT2D eigenvalue weighted by Gasteiger charge is 2.22. The molecule has 0 amide bonds. The zero-order valence-electron chi connectivity index (χ0n) is 25.4. The lowest BCUT2D eigenvalue weighted by molar-refractivity contribution is -0.131. The number of hydrogen-bond acceptors (Lipinski definition) is 8. The second kappa shape index (κ2) is 16.3. The lowest BCUT2D eigenvalue weighted by Crippen LogP contribution is -2.11. The van der Waals surface area contributed by atoms with Gasteiger partial charge in [0.1, 0.15) is 22.9 Å². The summed E-state index contributed by atoms with van der Waals surface area (Å²) in [5.74, 6) is -2.83. The van der Waals surface area contributed by atoms with E-state index in [0.717, 1.165) is 50.7 Å². The number of allylic oxidation sites excluding steroid dienone is 1. The van der Waals surface area contributed by atoms with Crippen molar-refractivity contribution in [3.8, 4) is 39.9 Å². The third kappa shape index (κ3) is 8.72. The Hall–Kier alpha value is -4.60. The van der Waals surface area contributed by atoms with Crippen LogP contribution in [0.15, 0.2) is 42.5 Å². The van der Waals surface area contributed by atoms with Crippen LogP contribution in [0, 0.1) is 18.6 Å². The molecule has 0 atom stereocenters. The van der Waals surface area contributed by atoms with Crippen LogP contribution in [-0.2, 0) is 9.53 Å². The number of hydrogen-bond donors (Lipinski definition) is 2. The molecule has 0 bridgehead atoms. The molecule has 0 saturated carbocycles. The standard InChI is InChI=1S/C34H38F2O8/c1-21-25(31(39)33(42-4)32(41-3)30(21)38)13-11-9-7-5-6-8-10-12-18-43-34(40)27-19-23(14-17-29(27)44-22(2)37)26-16-15-24(35)20-28(26)36/h11,13-17,19-20,38-39H,5-10,12,18H2,1-4H3/b13-11+. The number of ether oxygens (including phenoxy) is 4. The van der Waals surface area contributed by atoms with Crippen LogP contribution in [0.5, 0.6) is 28.7 Å². The zero-order chi connectivity index (χ0) is 32.2. The first-order chi connectivity index (χ1) is 21.1. The van der Waals surface area contributed by atoms with Crippen molar-refractivity contribution in [1.82, 2.24) is 0 Å². The van der Waals surface area contributed by atoms with Crippen molar-refractivity contribution in [2.24, 2.45) is 0 Å². The van der Waals surface area contributed by atoms with Crippen LogP contribution in [-0.4, -0.2) is 43.0 Å². The molecule has 0 heterocycles. The number of carbonyl (C=O) groups is 2. The van der Waals surface area contributed by atoms with Gasteiger partial charge in [-0.25, -0.2) is 13.6 Å². The van der Waals surface area contributed by atoms with E-state index in [0.29, 0.717) is 23.1 Å². The van der Waals surface area contributed by atoms with Gasteiger partial charge in [-0.15, -0.1) is 0 Å². The molecule has 236 valence electrons. The summed E-state index contributed by atoms with van der Waals surface area (Å²) in [4.78, 5) is 24.3. The van der Waals surface area contributed by atoms with Gasteiger partial charge in [0.05, 0.1) is 20.8 Å². The third-order valence-corrected chi connectivity index (χ3v) is 7.04. The molecule has 3 rings (SSSR count). The largest absolute Gasteiger partial charge is 0.504 e. The lowest BCUT2D eigenvalue weighted by atomic mass is 10.0. The summed E-state index contributed by atoms with van der Waals surface area (Å²) in [6.07, 6.45) is 9.85. The van der Waals surface area contributed by atoms with E-state index in [9.17, 15) is 28.6 Å². The maximum absolute atomic E-state index is 14.3. The monoisotopic (exact) mass is 612 g/mol. The lowest BCUT2D eigenvalue weighted by Gasteiger charge is -2.16. The Kier molecular flexibility index (Phi) is 12.6. The molecule has 3 aromatic carbocycles. The molecule has 0 aromatic heterocycles. The number of unbranched alkanes of at least 4 members (excludes halogenated alkanes) is 6. The minimum absolute atomic E-state index is 0.00359. The molecule has 0 aliphatic heterocycles. The quantitative estimate of drug-likeness (QED) is 0.0771. The normalized spacial score (nSPS) is 11.0. The minimum Gasteiger partial charge on any atom is -0.504 e. The van der Waals surface area contributed by atoms with E-state index < -0.39 is 23.6 Å². The van der Waals surface area contributed by atoms with Crippen molar-refractivity contribution in [1.29, 1.82) is 0 Å². The van der Waals surface area contributed by atoms with E-state index in [1.54, 1.807) is 13.0 Å². The Labute approximate surface area is 255 Å². The topological polar surface area (TPSA) is 112 Å². The fourth-order valence-electron chi connectivity index (χ4n) is 4.74. The fourth-order valence-corrected chi connectivity index (χ4v) is 4.74. The molecule has 0 aliphatic carbocycles. The van der Waals surface area contributed by atoms with Gasteiger partial charge in [0.2, 0.25) is 11.5 Å². The van der Waals surface area contributed by atoms with Gasteiger partial charge in [-0.1, -0.05) is 43.9 Å². The van der Waals surface area contributed by atoms with Crippen LogP contribution >= 0.6 is 0 Å². The average Bonchev–Trinajstić information content (AvgIpc) is 2.99. The Morgan fingerprint density at radius 1 is 0.864 bits per heavy atom. The number of aromatic hydroxyl groups is 2. The maximum Gasteiger partial charge on any atom is 0.341 e. The highest BCUT2D eigenvalue weighted by Crippen LogP contribution is 2.48. The van der Waals surface area contributed by atoms with Crippen molar-refractivity contribution in [3.63, 3.8) is 0 Å². The first-order valence-electron chi connectivity index (χ1n) is 14.4. The van der Waals surface area contributed by atoms with E-state index in [-0.39, 0.29) is 46.5 Å². The van der Waals surface area contributed by atoms with Gasteiger partial charge in [-0.3, -0.25) is 4.79 Å². The summed E-state index contributed by atoms with van der Waals surface area (Å²) < 4.78 is 48.5. The van der Waals surface area contributed by atoms with Crippen molar-refractivity contribution < 1.29 is 47.5 Å². The molecule has 0 radical (unpaired) electrons. The van der Waals surface area contributed by atoms with Crippen LogP contribution in [0.2, 0.25) is 0 Å². The van der Waals surface area contributed by atoms with Gasteiger partial charge in [0.25, 0.3) is 0 Å². The molecule has 0 unspecified atom stereocenters. The van der Waals surface area contributed by atoms with Gasteiger partial charge in [0, 0.05) is 29.7 Å². The van der Waals surface area contributed by atoms with E-state index in [1.165, 1.54) is 45.4 Å². The van der Waals surface area contributed by atoms with Crippen LogP contribution < -0.4 is 14.2 Å². The molecule has 0 aliphatic rings. The van der Waals surface area contributed by atoms with Crippen LogP contribution in [0.4, 0.5) is 8.78 Å². The predicted octanol–water partition coefficient (Wildman–Crippen LogP) is 7.89. The summed E-state index contributed by atoms with van der Waals surface area (Å²) in [5, 5.41) is 20.9. The van der Waals surface area contributed by atoms with Crippen LogP contribution in [0.1, 0.15) is 73.4 Å². The minimum atomic E-state index is -0.784. The van der Waals surface area contributed by atoms with Crippen LogP contribution in [0.3, 0.4) is 0 Å². The Balaban J connectivity index is 1.43. The van der Waals surface area contributed by atoms with Gasteiger partial charge >= 0.3 is 11.9 Å². The van der Waals surface area contributed by atoms with Gasteiger partial charge in [0.15, 0.2) is 11.5 Å². The molecule has 3 aromatic rings. The molecular weight excluding hydrogens is 574 g/mol. The summed E-state index contributed by atoms with van der Waals surface area (Å²) in [6, 6.07) is 7.37. The Morgan fingerprint density at radius 3 is 2.18 bits per heavy atom. The molecule has 0 spiro atoms. The molecule has 0 fully saturated rings. The summed E-state index contributed by atoms with van der Waals surface area (Å²) >= 11 is 0. The number of halogens is 2. The van der Waals surface area contributed by atoms with E-state index in [1.807, 2.05) is 6.08 Å². The number of carbonyl (C=O) groups excluding carboxylic acids is 2. The Morgan fingerprint density at radius 2 is 1.52 bits per heavy atom. The number of methoxy groups -OCH3 is 2. The molecule has 44 heavy (non-hydrogen) atoms. The molecule has 8 nitrogen and oxygen atoms in total. The first kappa shape index (κ1) is 33.9. The van der Waals surface area contributed by atoms with E-state index >= 15 is 0 Å². The SMILES string of the molecule is COc1c(O)c(C)c(/C=C/CCCCCCCCOC(=O)c2cc(-c3ccc(F)cc3F)ccc2OC(C)=O)c(O)c1OC. The second-order valence-electron chi connectivity index (χ2n) is 10.2. The van der Waals surface area contributed by atoms with Gasteiger partial charge in [-0.05, 0) is 56.0 Å². The van der Waals surface area contributed by atoms with Crippen molar-refractivity contribution in [2.45, 2.75) is 58.8 Å². The maximum atomic E-state index is 14.3. The van der Waals surface area contributed by atoms with Crippen molar-refractivity contribution in [2.75, 3.05) is 20.8 Å². The number of rotatable bonds is 15. The summed E-state index contributed by atoms with van der Waals surface area (Å²) in [7, 11) is 2.79. The number of phenolic OH excluding ortho intramolecular Hbond substituents is 2. The number of phenols is 2. The van der Waals surface area contributed by atoms with Crippen LogP contribution in [0.25, 0.3) is 17.2 Å². The average molecular weight is 613 g/mol. The fraction of sp³-hybridized carbons (Fsp3) is 0.353. The zero-order valence-corrected chi connectivity index (χ0v) is 25.4. The predicted molar refractivity (Wildman–Crippen MR) is 162 cm³/mol. The molecule has 10 heteroatoms. The number of benzene rings is 3. The van der Waals surface area contributed by atoms with E-state index in [4.69, 9.17) is 18.9 Å². The van der Waals surface area contributed by atoms with E-state index in [2.05, 4.69) is 0 Å². The van der Waals surface area contributed by atoms with Crippen molar-refractivity contribution >= 4 is 18.0 Å². The first-order valence-corrected chi connectivity index (χ1v) is 14.4. The Bertz CT molecular complexity index is 1500. The molecular formula is C34H38F2O8.